The first-order valence-electron chi connectivity index (χ1n) is 6.96. The molecule has 0 aromatic heterocycles. The molecule has 2 rings (SSSR count). The van der Waals surface area contributed by atoms with E-state index in [-0.39, 0.29) is 5.91 Å². The van der Waals surface area contributed by atoms with E-state index in [9.17, 15) is 4.79 Å². The molecule has 1 amide bonds. The van der Waals surface area contributed by atoms with Gasteiger partial charge in [-0.2, -0.15) is 0 Å². The maximum absolute atomic E-state index is 12.3. The number of ether oxygens (including phenoxy) is 2. The molecule has 116 valence electrons. The molecule has 0 aliphatic carbocycles. The Kier molecular flexibility index (Phi) is 5.38. The lowest BCUT2D eigenvalue weighted by molar-refractivity contribution is -0.117. The van der Waals surface area contributed by atoms with Gasteiger partial charge in [-0.1, -0.05) is 30.3 Å². The van der Waals surface area contributed by atoms with Crippen LogP contribution in [-0.2, 0) is 11.2 Å². The van der Waals surface area contributed by atoms with Gasteiger partial charge in [-0.3, -0.25) is 4.79 Å². The SMILES string of the molecule is COc1ccc(OC)c(NC(=O)[C@H](N)Cc2ccccc2)c1. The maximum atomic E-state index is 12.3. The van der Waals surface area contributed by atoms with Crippen LogP contribution in [0.4, 0.5) is 5.69 Å². The molecule has 0 saturated carbocycles. The average molecular weight is 300 g/mol. The number of carbonyl (C=O) groups is 1. The van der Waals surface area contributed by atoms with E-state index in [0.29, 0.717) is 23.6 Å². The van der Waals surface area contributed by atoms with E-state index >= 15 is 0 Å². The van der Waals surface area contributed by atoms with Crippen molar-refractivity contribution in [2.45, 2.75) is 12.5 Å². The molecule has 5 heteroatoms. The number of carbonyl (C=O) groups excluding carboxylic acids is 1. The number of hydrogen-bond acceptors (Lipinski definition) is 4. The van der Waals surface area contributed by atoms with Gasteiger partial charge in [-0.15, -0.1) is 0 Å². The number of nitrogens with one attached hydrogen (secondary N) is 1. The lowest BCUT2D eigenvalue weighted by atomic mass is 10.1. The summed E-state index contributed by atoms with van der Waals surface area (Å²) in [5, 5.41) is 2.79. The van der Waals surface area contributed by atoms with Gasteiger partial charge < -0.3 is 20.5 Å². The molecule has 0 spiro atoms. The van der Waals surface area contributed by atoms with Gasteiger partial charge in [0.15, 0.2) is 0 Å². The Balaban J connectivity index is 2.07. The van der Waals surface area contributed by atoms with Crippen LogP contribution in [0.15, 0.2) is 48.5 Å². The Morgan fingerprint density at radius 2 is 1.86 bits per heavy atom. The summed E-state index contributed by atoms with van der Waals surface area (Å²) in [6.45, 7) is 0. The van der Waals surface area contributed by atoms with E-state index in [4.69, 9.17) is 15.2 Å². The molecule has 0 saturated heterocycles. The molecule has 0 heterocycles. The minimum Gasteiger partial charge on any atom is -0.497 e. The molecule has 22 heavy (non-hydrogen) atoms. The van der Waals surface area contributed by atoms with Gasteiger partial charge in [0.2, 0.25) is 5.91 Å². The summed E-state index contributed by atoms with van der Waals surface area (Å²) in [7, 11) is 3.11. The summed E-state index contributed by atoms with van der Waals surface area (Å²) in [5.41, 5.74) is 7.53. The van der Waals surface area contributed by atoms with Gasteiger partial charge in [0, 0.05) is 6.07 Å². The monoisotopic (exact) mass is 300 g/mol. The Hall–Kier alpha value is -2.53. The highest BCUT2D eigenvalue weighted by molar-refractivity contribution is 5.96. The molecule has 5 nitrogen and oxygen atoms in total. The largest absolute Gasteiger partial charge is 0.497 e. The summed E-state index contributed by atoms with van der Waals surface area (Å²) in [6.07, 6.45) is 0.471. The quantitative estimate of drug-likeness (QED) is 0.858. The van der Waals surface area contributed by atoms with Crippen molar-refractivity contribution >= 4 is 11.6 Å². The van der Waals surface area contributed by atoms with Crippen LogP contribution in [0.1, 0.15) is 5.56 Å². The van der Waals surface area contributed by atoms with Crippen molar-refractivity contribution in [3.63, 3.8) is 0 Å². The third-order valence-electron chi connectivity index (χ3n) is 3.30. The molecule has 0 unspecified atom stereocenters. The number of benzene rings is 2. The third-order valence-corrected chi connectivity index (χ3v) is 3.30. The van der Waals surface area contributed by atoms with Gasteiger partial charge in [0.05, 0.1) is 25.9 Å². The molecule has 1 atom stereocenters. The fourth-order valence-electron chi connectivity index (χ4n) is 2.10. The Morgan fingerprint density at radius 3 is 2.50 bits per heavy atom. The summed E-state index contributed by atoms with van der Waals surface area (Å²) < 4.78 is 10.4. The molecule has 0 aliphatic rings. The van der Waals surface area contributed by atoms with Crippen molar-refractivity contribution in [3.8, 4) is 11.5 Å². The van der Waals surface area contributed by atoms with Crippen LogP contribution in [0.25, 0.3) is 0 Å². The van der Waals surface area contributed by atoms with Crippen LogP contribution in [0, 0.1) is 0 Å². The summed E-state index contributed by atoms with van der Waals surface area (Å²) in [5.74, 6) is 0.921. The number of amides is 1. The molecule has 0 aliphatic heterocycles. The zero-order valence-corrected chi connectivity index (χ0v) is 12.7. The van der Waals surface area contributed by atoms with Crippen LogP contribution in [0.3, 0.4) is 0 Å². The van der Waals surface area contributed by atoms with E-state index in [2.05, 4.69) is 5.32 Å². The van der Waals surface area contributed by atoms with E-state index in [0.717, 1.165) is 5.56 Å². The minimum atomic E-state index is -0.640. The maximum Gasteiger partial charge on any atom is 0.241 e. The van der Waals surface area contributed by atoms with Crippen LogP contribution in [0.5, 0.6) is 11.5 Å². The Labute approximate surface area is 130 Å². The van der Waals surface area contributed by atoms with E-state index in [1.165, 1.54) is 0 Å². The number of hydrogen-bond donors (Lipinski definition) is 2. The number of nitrogens with two attached hydrogens (primary N) is 1. The second-order valence-electron chi connectivity index (χ2n) is 4.85. The highest BCUT2D eigenvalue weighted by Crippen LogP contribution is 2.28. The predicted octanol–water partition coefficient (Wildman–Crippen LogP) is 2.21. The Morgan fingerprint density at radius 1 is 1.14 bits per heavy atom. The summed E-state index contributed by atoms with van der Waals surface area (Å²) in [6, 6.07) is 14.2. The lowest BCUT2D eigenvalue weighted by Gasteiger charge is -2.15. The van der Waals surface area contributed by atoms with Gasteiger partial charge >= 0.3 is 0 Å². The van der Waals surface area contributed by atoms with Gasteiger partial charge in [0.1, 0.15) is 11.5 Å². The highest BCUT2D eigenvalue weighted by atomic mass is 16.5. The average Bonchev–Trinajstić information content (AvgIpc) is 2.55. The van der Waals surface area contributed by atoms with Gasteiger partial charge in [0.25, 0.3) is 0 Å². The van der Waals surface area contributed by atoms with E-state index in [1.54, 1.807) is 32.4 Å². The van der Waals surface area contributed by atoms with E-state index in [1.807, 2.05) is 30.3 Å². The van der Waals surface area contributed by atoms with Crippen molar-refractivity contribution < 1.29 is 14.3 Å². The molecule has 2 aromatic carbocycles. The standard InChI is InChI=1S/C17H20N2O3/c1-21-13-8-9-16(22-2)15(11-13)19-17(20)14(18)10-12-6-4-3-5-7-12/h3-9,11,14H,10,18H2,1-2H3,(H,19,20)/t14-/m1/s1. The molecule has 0 bridgehead atoms. The molecule has 2 aromatic rings. The fraction of sp³-hybridized carbons (Fsp3) is 0.235. The molecular weight excluding hydrogens is 280 g/mol. The van der Waals surface area contributed by atoms with Crippen molar-refractivity contribution in [2.75, 3.05) is 19.5 Å². The summed E-state index contributed by atoms with van der Waals surface area (Å²) >= 11 is 0. The van der Waals surface area contributed by atoms with Crippen molar-refractivity contribution in [1.29, 1.82) is 0 Å². The first-order chi connectivity index (χ1) is 10.6. The summed E-state index contributed by atoms with van der Waals surface area (Å²) in [4.78, 5) is 12.3. The number of rotatable bonds is 6. The first kappa shape index (κ1) is 15.9. The zero-order chi connectivity index (χ0) is 15.9. The van der Waals surface area contributed by atoms with Crippen LogP contribution in [0.2, 0.25) is 0 Å². The second kappa shape index (κ2) is 7.47. The number of methoxy groups -OCH3 is 2. The van der Waals surface area contributed by atoms with Crippen molar-refractivity contribution in [1.82, 2.24) is 0 Å². The van der Waals surface area contributed by atoms with Crippen molar-refractivity contribution in [2.24, 2.45) is 5.73 Å². The Bertz CT molecular complexity index is 629. The number of anilines is 1. The zero-order valence-electron chi connectivity index (χ0n) is 12.7. The normalized spacial score (nSPS) is 11.6. The first-order valence-corrected chi connectivity index (χ1v) is 6.96. The highest BCUT2D eigenvalue weighted by Gasteiger charge is 2.16. The minimum absolute atomic E-state index is 0.268. The smallest absolute Gasteiger partial charge is 0.241 e. The van der Waals surface area contributed by atoms with Gasteiger partial charge in [-0.05, 0) is 24.1 Å². The second-order valence-corrected chi connectivity index (χ2v) is 4.85. The van der Waals surface area contributed by atoms with Gasteiger partial charge in [-0.25, -0.2) is 0 Å². The fourth-order valence-corrected chi connectivity index (χ4v) is 2.10. The third kappa shape index (κ3) is 3.99. The molecule has 3 N–H and O–H groups in total. The predicted molar refractivity (Wildman–Crippen MR) is 86.3 cm³/mol. The lowest BCUT2D eigenvalue weighted by Crippen LogP contribution is -2.37. The topological polar surface area (TPSA) is 73.6 Å². The van der Waals surface area contributed by atoms with Crippen molar-refractivity contribution in [3.05, 3.63) is 54.1 Å². The van der Waals surface area contributed by atoms with Crippen LogP contribution >= 0.6 is 0 Å². The molecular formula is C17H20N2O3. The van der Waals surface area contributed by atoms with Crippen LogP contribution < -0.4 is 20.5 Å². The molecule has 0 fully saturated rings. The van der Waals surface area contributed by atoms with Crippen LogP contribution in [-0.4, -0.2) is 26.2 Å². The van der Waals surface area contributed by atoms with E-state index < -0.39 is 6.04 Å². The molecule has 0 radical (unpaired) electrons.